The van der Waals surface area contributed by atoms with Crippen molar-refractivity contribution in [3.8, 4) is 0 Å². The van der Waals surface area contributed by atoms with Gasteiger partial charge in [0, 0.05) is 5.69 Å². The smallest absolute Gasteiger partial charge is 0.326 e. The SMILES string of the molecule is CCCC[C@]1(C)NC(=O)N(CC(=O)OCC(=O)Nc2ccc([C@@H](C)CC)cc2)C1=O. The van der Waals surface area contributed by atoms with E-state index in [1.54, 1.807) is 19.1 Å². The van der Waals surface area contributed by atoms with Gasteiger partial charge >= 0.3 is 12.0 Å². The van der Waals surface area contributed by atoms with Crippen LogP contribution in [-0.2, 0) is 19.1 Å². The van der Waals surface area contributed by atoms with Gasteiger partial charge in [0.05, 0.1) is 0 Å². The van der Waals surface area contributed by atoms with Gasteiger partial charge < -0.3 is 15.4 Å². The van der Waals surface area contributed by atoms with Crippen molar-refractivity contribution in [1.29, 1.82) is 0 Å². The molecule has 0 bridgehead atoms. The summed E-state index contributed by atoms with van der Waals surface area (Å²) in [6.45, 7) is 6.86. The van der Waals surface area contributed by atoms with Crippen LogP contribution in [0.4, 0.5) is 10.5 Å². The zero-order valence-electron chi connectivity index (χ0n) is 18.1. The molecule has 0 spiro atoms. The van der Waals surface area contributed by atoms with Gasteiger partial charge in [-0.3, -0.25) is 19.3 Å². The Bertz CT molecular complexity index is 792. The third-order valence-electron chi connectivity index (χ3n) is 5.40. The first-order valence-corrected chi connectivity index (χ1v) is 10.4. The lowest BCUT2D eigenvalue weighted by Gasteiger charge is -2.21. The van der Waals surface area contributed by atoms with Crippen molar-refractivity contribution < 1.29 is 23.9 Å². The molecule has 1 aromatic rings. The molecule has 4 amide bonds. The lowest BCUT2D eigenvalue weighted by Crippen LogP contribution is -2.44. The molecular weight excluding hydrogens is 386 g/mol. The van der Waals surface area contributed by atoms with Crippen molar-refractivity contribution in [1.82, 2.24) is 10.2 Å². The summed E-state index contributed by atoms with van der Waals surface area (Å²) < 4.78 is 4.94. The van der Waals surface area contributed by atoms with Crippen molar-refractivity contribution in [2.24, 2.45) is 0 Å². The van der Waals surface area contributed by atoms with E-state index in [0.717, 1.165) is 24.2 Å². The first kappa shape index (κ1) is 23.4. The summed E-state index contributed by atoms with van der Waals surface area (Å²) in [5, 5.41) is 5.29. The van der Waals surface area contributed by atoms with Gasteiger partial charge in [-0.25, -0.2) is 4.79 Å². The number of nitrogens with zero attached hydrogens (tertiary/aromatic N) is 1. The van der Waals surface area contributed by atoms with Crippen LogP contribution in [0.2, 0.25) is 0 Å². The van der Waals surface area contributed by atoms with Crippen LogP contribution in [0, 0.1) is 0 Å². The maximum Gasteiger partial charge on any atom is 0.326 e. The number of urea groups is 1. The number of hydrogen-bond donors (Lipinski definition) is 2. The molecule has 1 aromatic carbocycles. The molecule has 0 unspecified atom stereocenters. The van der Waals surface area contributed by atoms with Gasteiger partial charge in [-0.15, -0.1) is 0 Å². The van der Waals surface area contributed by atoms with E-state index in [-0.39, 0.29) is 0 Å². The van der Waals surface area contributed by atoms with Gasteiger partial charge in [-0.1, -0.05) is 45.7 Å². The Hall–Kier alpha value is -2.90. The topological polar surface area (TPSA) is 105 Å². The summed E-state index contributed by atoms with van der Waals surface area (Å²) in [5.41, 5.74) is 0.775. The van der Waals surface area contributed by atoms with Crippen LogP contribution >= 0.6 is 0 Å². The highest BCUT2D eigenvalue weighted by molar-refractivity contribution is 6.08. The summed E-state index contributed by atoms with van der Waals surface area (Å²) in [5.74, 6) is -1.33. The Morgan fingerprint density at radius 2 is 1.87 bits per heavy atom. The van der Waals surface area contributed by atoms with Crippen molar-refractivity contribution in [3.63, 3.8) is 0 Å². The third-order valence-corrected chi connectivity index (χ3v) is 5.40. The molecule has 0 aromatic heterocycles. The minimum atomic E-state index is -1.01. The molecular formula is C22H31N3O5. The van der Waals surface area contributed by atoms with Gasteiger partial charge in [0.25, 0.3) is 11.8 Å². The molecule has 1 aliphatic rings. The van der Waals surface area contributed by atoms with E-state index >= 15 is 0 Å². The van der Waals surface area contributed by atoms with E-state index in [2.05, 4.69) is 24.5 Å². The zero-order valence-corrected chi connectivity index (χ0v) is 18.1. The minimum Gasteiger partial charge on any atom is -0.454 e. The molecule has 8 heteroatoms. The quantitative estimate of drug-likeness (QED) is 0.449. The van der Waals surface area contributed by atoms with Gasteiger partial charge in [0.15, 0.2) is 6.61 Å². The number of esters is 1. The van der Waals surface area contributed by atoms with E-state index in [0.29, 0.717) is 18.0 Å². The number of rotatable bonds is 10. The first-order valence-electron chi connectivity index (χ1n) is 10.4. The standard InChI is InChI=1S/C22H31N3O5/c1-5-7-12-22(4)20(28)25(21(29)24-22)13-19(27)30-14-18(26)23-17-10-8-16(9-11-17)15(3)6-2/h8-11,15H,5-7,12-14H2,1-4H3,(H,23,26)(H,24,29)/t15-,22-/m0/s1. The van der Waals surface area contributed by atoms with Crippen LogP contribution in [0.3, 0.4) is 0 Å². The number of amides is 4. The highest BCUT2D eigenvalue weighted by Gasteiger charge is 2.47. The summed E-state index contributed by atoms with van der Waals surface area (Å²) in [6, 6.07) is 6.87. The van der Waals surface area contributed by atoms with E-state index in [4.69, 9.17) is 4.74 Å². The molecule has 1 heterocycles. The Labute approximate surface area is 177 Å². The average molecular weight is 418 g/mol. The fourth-order valence-corrected chi connectivity index (χ4v) is 3.24. The number of unbranched alkanes of at least 4 members (excludes halogenated alkanes) is 1. The maximum absolute atomic E-state index is 12.5. The number of imide groups is 1. The Kier molecular flexibility index (Phi) is 7.97. The number of benzene rings is 1. The van der Waals surface area contributed by atoms with Crippen LogP contribution in [-0.4, -0.2) is 47.4 Å². The van der Waals surface area contributed by atoms with Crippen molar-refractivity contribution in [2.45, 2.75) is 64.8 Å². The van der Waals surface area contributed by atoms with Crippen LogP contribution in [0.5, 0.6) is 0 Å². The number of carbonyl (C=O) groups excluding carboxylic acids is 4. The summed E-state index contributed by atoms with van der Waals surface area (Å²) >= 11 is 0. The number of carbonyl (C=O) groups is 4. The van der Waals surface area contributed by atoms with E-state index < -0.39 is 42.5 Å². The second kappa shape index (κ2) is 10.2. The molecule has 0 radical (unpaired) electrons. The predicted molar refractivity (Wildman–Crippen MR) is 113 cm³/mol. The van der Waals surface area contributed by atoms with Crippen LogP contribution < -0.4 is 10.6 Å². The summed E-state index contributed by atoms with van der Waals surface area (Å²) in [7, 11) is 0. The second-order valence-corrected chi connectivity index (χ2v) is 7.90. The van der Waals surface area contributed by atoms with Gasteiger partial charge in [0.2, 0.25) is 0 Å². The van der Waals surface area contributed by atoms with Crippen LogP contribution in [0.1, 0.15) is 64.9 Å². The lowest BCUT2D eigenvalue weighted by molar-refractivity contribution is -0.150. The van der Waals surface area contributed by atoms with Crippen LogP contribution in [0.15, 0.2) is 24.3 Å². The fourth-order valence-electron chi connectivity index (χ4n) is 3.24. The predicted octanol–water partition coefficient (Wildman–Crippen LogP) is 3.18. The Balaban J connectivity index is 1.82. The average Bonchev–Trinajstić information content (AvgIpc) is 2.94. The molecule has 30 heavy (non-hydrogen) atoms. The van der Waals surface area contributed by atoms with Crippen molar-refractivity contribution in [3.05, 3.63) is 29.8 Å². The number of anilines is 1. The highest BCUT2D eigenvalue weighted by Crippen LogP contribution is 2.23. The van der Waals surface area contributed by atoms with Gasteiger partial charge in [-0.2, -0.15) is 0 Å². The molecule has 8 nitrogen and oxygen atoms in total. The summed E-state index contributed by atoms with van der Waals surface area (Å²) in [6.07, 6.45) is 3.18. The Morgan fingerprint density at radius 3 is 2.47 bits per heavy atom. The highest BCUT2D eigenvalue weighted by atomic mass is 16.5. The fraction of sp³-hybridized carbons (Fsp3) is 0.545. The van der Waals surface area contributed by atoms with E-state index in [9.17, 15) is 19.2 Å². The number of nitrogens with one attached hydrogen (secondary N) is 2. The molecule has 0 aliphatic carbocycles. The minimum absolute atomic E-state index is 0.435. The second-order valence-electron chi connectivity index (χ2n) is 7.90. The molecule has 2 atom stereocenters. The summed E-state index contributed by atoms with van der Waals surface area (Å²) in [4.78, 5) is 49.5. The van der Waals surface area contributed by atoms with Crippen LogP contribution in [0.25, 0.3) is 0 Å². The number of hydrogen-bond acceptors (Lipinski definition) is 5. The van der Waals surface area contributed by atoms with E-state index in [1.165, 1.54) is 5.56 Å². The third kappa shape index (κ3) is 5.81. The zero-order chi connectivity index (χ0) is 22.3. The molecule has 2 rings (SSSR count). The number of ether oxygens (including phenoxy) is 1. The molecule has 164 valence electrons. The monoisotopic (exact) mass is 417 g/mol. The largest absolute Gasteiger partial charge is 0.454 e. The molecule has 1 aliphatic heterocycles. The van der Waals surface area contributed by atoms with Crippen molar-refractivity contribution in [2.75, 3.05) is 18.5 Å². The van der Waals surface area contributed by atoms with Gasteiger partial charge in [-0.05, 0) is 43.4 Å². The normalized spacial score (nSPS) is 19.4. The van der Waals surface area contributed by atoms with Gasteiger partial charge in [0.1, 0.15) is 12.1 Å². The molecule has 2 N–H and O–H groups in total. The maximum atomic E-state index is 12.5. The lowest BCUT2D eigenvalue weighted by atomic mass is 9.95. The molecule has 1 fully saturated rings. The molecule has 1 saturated heterocycles. The first-order chi connectivity index (χ1) is 14.2. The van der Waals surface area contributed by atoms with E-state index in [1.807, 2.05) is 19.1 Å². The molecule has 0 saturated carbocycles. The van der Waals surface area contributed by atoms with Crippen molar-refractivity contribution >= 4 is 29.5 Å². The Morgan fingerprint density at radius 1 is 1.20 bits per heavy atom.